The van der Waals surface area contributed by atoms with Gasteiger partial charge in [0.05, 0.1) is 25.7 Å². The lowest BCUT2D eigenvalue weighted by atomic mass is 9.99. The number of halogens is 2. The highest BCUT2D eigenvalue weighted by atomic mass is 19.1. The fraction of sp³-hybridized carbons (Fsp3) is 0.345. The molecule has 0 spiro atoms. The van der Waals surface area contributed by atoms with Gasteiger partial charge in [-0.15, -0.1) is 0 Å². The largest absolute Gasteiger partial charge is 0.497 e. The Morgan fingerprint density at radius 2 is 1.64 bits per heavy atom. The first kappa shape index (κ1) is 27.3. The zero-order chi connectivity index (χ0) is 26.1. The Balaban J connectivity index is 1.66. The van der Waals surface area contributed by atoms with E-state index in [1.807, 2.05) is 48.5 Å². The molecule has 0 aliphatic carbocycles. The van der Waals surface area contributed by atoms with E-state index < -0.39 is 23.8 Å². The number of ether oxygens (including phenoxy) is 1. The third kappa shape index (κ3) is 8.43. The molecule has 0 aliphatic heterocycles. The van der Waals surface area contributed by atoms with Crippen LogP contribution >= 0.6 is 0 Å². The summed E-state index contributed by atoms with van der Waals surface area (Å²) >= 11 is 0. The third-order valence-corrected chi connectivity index (χ3v) is 6.02. The number of aliphatic hydroxyl groups is 1. The van der Waals surface area contributed by atoms with Gasteiger partial charge in [-0.3, -0.25) is 4.79 Å². The predicted octanol–water partition coefficient (Wildman–Crippen LogP) is 4.52. The molecule has 0 saturated carbocycles. The van der Waals surface area contributed by atoms with Crippen molar-refractivity contribution >= 4 is 5.91 Å². The smallest absolute Gasteiger partial charge is 0.224 e. The number of carbonyl (C=O) groups is 1. The van der Waals surface area contributed by atoms with Crippen molar-refractivity contribution in [2.45, 2.75) is 51.3 Å². The van der Waals surface area contributed by atoms with Gasteiger partial charge in [-0.1, -0.05) is 50.2 Å². The Bertz CT molecular complexity index is 1120. The molecule has 3 rings (SSSR count). The average molecular weight is 497 g/mol. The van der Waals surface area contributed by atoms with Gasteiger partial charge in [-0.2, -0.15) is 0 Å². The van der Waals surface area contributed by atoms with Gasteiger partial charge in [0.25, 0.3) is 0 Å². The highest BCUT2D eigenvalue weighted by molar-refractivity contribution is 5.79. The number of benzene rings is 3. The van der Waals surface area contributed by atoms with Crippen molar-refractivity contribution in [2.75, 3.05) is 13.7 Å². The monoisotopic (exact) mass is 496 g/mol. The maximum atomic E-state index is 13.8. The van der Waals surface area contributed by atoms with E-state index in [4.69, 9.17) is 4.74 Å². The maximum absolute atomic E-state index is 13.8. The molecule has 0 aromatic heterocycles. The second-order valence-corrected chi connectivity index (χ2v) is 9.28. The van der Waals surface area contributed by atoms with Crippen LogP contribution in [0, 0.1) is 11.6 Å². The lowest BCUT2D eigenvalue weighted by Crippen LogP contribution is -2.49. The van der Waals surface area contributed by atoms with Crippen molar-refractivity contribution in [3.8, 4) is 5.75 Å². The number of hydrogen-bond acceptors (Lipinski definition) is 4. The van der Waals surface area contributed by atoms with Crippen LogP contribution < -0.4 is 15.4 Å². The molecule has 3 aromatic carbocycles. The summed E-state index contributed by atoms with van der Waals surface area (Å²) in [7, 11) is 1.59. The molecule has 0 radical (unpaired) electrons. The molecule has 36 heavy (non-hydrogen) atoms. The molecule has 192 valence electrons. The molecule has 0 aliphatic rings. The van der Waals surface area contributed by atoms with Crippen LogP contribution in [-0.2, 0) is 24.2 Å². The first-order valence-corrected chi connectivity index (χ1v) is 12.1. The van der Waals surface area contributed by atoms with Crippen molar-refractivity contribution < 1.29 is 23.4 Å². The normalized spacial score (nSPS) is 12.9. The van der Waals surface area contributed by atoms with Crippen LogP contribution in [0.2, 0.25) is 0 Å². The maximum Gasteiger partial charge on any atom is 0.224 e. The quantitative estimate of drug-likeness (QED) is 0.345. The summed E-state index contributed by atoms with van der Waals surface area (Å²) in [5.74, 6) is -0.559. The van der Waals surface area contributed by atoms with E-state index >= 15 is 0 Å². The van der Waals surface area contributed by atoms with E-state index in [1.165, 1.54) is 17.7 Å². The summed E-state index contributed by atoms with van der Waals surface area (Å²) in [5.41, 5.74) is 3.35. The highest BCUT2D eigenvalue weighted by Crippen LogP contribution is 2.16. The summed E-state index contributed by atoms with van der Waals surface area (Å²) in [6.45, 7) is 4.85. The standard InChI is InChI=1S/C29H34F2N2O3/c1-19(2)23-9-7-20(8-10-23)15-29(35)33-27(14-22-11-24(30)16-25(31)12-22)28(34)18-32-17-21-5-4-6-26(13-21)36-3/h4-13,16,19,27-28,32,34H,14-15,17-18H2,1-3H3,(H,33,35)/t27-,28-/m0/s1. The van der Waals surface area contributed by atoms with Gasteiger partial charge in [0.15, 0.2) is 0 Å². The molecule has 2 atom stereocenters. The minimum atomic E-state index is -0.991. The van der Waals surface area contributed by atoms with Crippen molar-refractivity contribution in [3.05, 3.63) is 101 Å². The zero-order valence-electron chi connectivity index (χ0n) is 20.9. The predicted molar refractivity (Wildman–Crippen MR) is 137 cm³/mol. The SMILES string of the molecule is COc1cccc(CNC[C@H](O)[C@H](Cc2cc(F)cc(F)c2)NC(=O)Cc2ccc(C(C)C)cc2)c1. The topological polar surface area (TPSA) is 70.6 Å². The van der Waals surface area contributed by atoms with Crippen molar-refractivity contribution in [2.24, 2.45) is 0 Å². The van der Waals surface area contributed by atoms with E-state index in [0.717, 1.165) is 22.9 Å². The van der Waals surface area contributed by atoms with Crippen LogP contribution in [-0.4, -0.2) is 36.8 Å². The molecule has 3 N–H and O–H groups in total. The average Bonchev–Trinajstić information content (AvgIpc) is 2.83. The van der Waals surface area contributed by atoms with Crippen molar-refractivity contribution in [1.29, 1.82) is 0 Å². The van der Waals surface area contributed by atoms with Gasteiger partial charge in [-0.05, 0) is 58.9 Å². The number of hydrogen-bond donors (Lipinski definition) is 3. The number of rotatable bonds is 12. The number of amides is 1. The molecular formula is C29H34F2N2O3. The Morgan fingerprint density at radius 1 is 0.944 bits per heavy atom. The minimum Gasteiger partial charge on any atom is -0.497 e. The fourth-order valence-corrected chi connectivity index (χ4v) is 4.02. The third-order valence-electron chi connectivity index (χ3n) is 6.02. The molecule has 0 fully saturated rings. The molecule has 5 nitrogen and oxygen atoms in total. The summed E-state index contributed by atoms with van der Waals surface area (Å²) in [6, 6.07) is 17.8. The Hall–Kier alpha value is -3.29. The number of methoxy groups -OCH3 is 1. The van der Waals surface area contributed by atoms with E-state index in [0.29, 0.717) is 18.0 Å². The molecule has 0 heterocycles. The van der Waals surface area contributed by atoms with Gasteiger partial charge < -0.3 is 20.5 Å². The van der Waals surface area contributed by atoms with Gasteiger partial charge in [0.1, 0.15) is 17.4 Å². The minimum absolute atomic E-state index is 0.0781. The molecule has 0 saturated heterocycles. The second-order valence-electron chi connectivity index (χ2n) is 9.28. The molecular weight excluding hydrogens is 462 g/mol. The van der Waals surface area contributed by atoms with Gasteiger partial charge >= 0.3 is 0 Å². The van der Waals surface area contributed by atoms with Crippen LogP contribution in [0.15, 0.2) is 66.7 Å². The zero-order valence-corrected chi connectivity index (χ0v) is 20.9. The lowest BCUT2D eigenvalue weighted by molar-refractivity contribution is -0.122. The summed E-state index contributed by atoms with van der Waals surface area (Å²) < 4.78 is 32.7. The van der Waals surface area contributed by atoms with Crippen LogP contribution in [0.5, 0.6) is 5.75 Å². The summed E-state index contributed by atoms with van der Waals surface area (Å²) in [4.78, 5) is 12.8. The molecule has 0 bridgehead atoms. The van der Waals surface area contributed by atoms with Gasteiger partial charge in [0.2, 0.25) is 5.91 Å². The van der Waals surface area contributed by atoms with Crippen LogP contribution in [0.25, 0.3) is 0 Å². The molecule has 7 heteroatoms. The van der Waals surface area contributed by atoms with E-state index in [1.54, 1.807) is 7.11 Å². The van der Waals surface area contributed by atoms with E-state index in [2.05, 4.69) is 24.5 Å². The first-order valence-electron chi connectivity index (χ1n) is 12.1. The Labute approximate surface area is 211 Å². The summed E-state index contributed by atoms with van der Waals surface area (Å²) in [6.07, 6.45) is -0.778. The van der Waals surface area contributed by atoms with E-state index in [-0.39, 0.29) is 25.3 Å². The van der Waals surface area contributed by atoms with Crippen molar-refractivity contribution in [1.82, 2.24) is 10.6 Å². The highest BCUT2D eigenvalue weighted by Gasteiger charge is 2.22. The van der Waals surface area contributed by atoms with Crippen LogP contribution in [0.3, 0.4) is 0 Å². The lowest BCUT2D eigenvalue weighted by Gasteiger charge is -2.25. The number of nitrogens with one attached hydrogen (secondary N) is 2. The summed E-state index contributed by atoms with van der Waals surface area (Å²) in [5, 5.41) is 17.0. The van der Waals surface area contributed by atoms with Gasteiger partial charge in [0, 0.05) is 19.2 Å². The number of aliphatic hydroxyl groups excluding tert-OH is 1. The van der Waals surface area contributed by atoms with Crippen LogP contribution in [0.1, 0.15) is 42.0 Å². The first-order chi connectivity index (χ1) is 17.2. The molecule has 0 unspecified atom stereocenters. The Morgan fingerprint density at radius 3 is 2.28 bits per heavy atom. The molecule has 1 amide bonds. The Kier molecular flexibility index (Phi) is 9.96. The van der Waals surface area contributed by atoms with Crippen molar-refractivity contribution in [3.63, 3.8) is 0 Å². The van der Waals surface area contributed by atoms with Gasteiger partial charge in [-0.25, -0.2) is 8.78 Å². The van der Waals surface area contributed by atoms with E-state index in [9.17, 15) is 18.7 Å². The fourth-order valence-electron chi connectivity index (χ4n) is 4.02. The molecule has 3 aromatic rings. The second kappa shape index (κ2) is 13.1. The van der Waals surface area contributed by atoms with Crippen LogP contribution in [0.4, 0.5) is 8.78 Å². The number of carbonyl (C=O) groups excluding carboxylic acids is 1.